The first-order chi connectivity index (χ1) is 12.8. The maximum Gasteiger partial charge on any atom is 0.235 e. The second-order valence-corrected chi connectivity index (χ2v) is 8.67. The molecular formula is C17H10FN5S3. The highest BCUT2D eigenvalue weighted by atomic mass is 32.2. The quantitative estimate of drug-likeness (QED) is 0.403. The molecule has 5 aromatic rings. The minimum Gasteiger partial charge on any atom is -0.230 e. The number of benzene rings is 2. The maximum absolute atomic E-state index is 13.4. The minimum atomic E-state index is -0.278. The zero-order valence-electron chi connectivity index (χ0n) is 13.2. The van der Waals surface area contributed by atoms with Crippen LogP contribution in [0.25, 0.3) is 25.7 Å². The molecule has 3 aromatic heterocycles. The Morgan fingerprint density at radius 2 is 1.96 bits per heavy atom. The molecule has 0 aliphatic carbocycles. The van der Waals surface area contributed by atoms with Crippen LogP contribution in [0.3, 0.4) is 0 Å². The number of para-hydroxylation sites is 1. The number of hydrogen-bond donors (Lipinski definition) is 0. The highest BCUT2D eigenvalue weighted by molar-refractivity contribution is 8.00. The lowest BCUT2D eigenvalue weighted by molar-refractivity contribution is 0.628. The first-order valence-corrected chi connectivity index (χ1v) is 10.3. The van der Waals surface area contributed by atoms with Gasteiger partial charge < -0.3 is 0 Å². The Balaban J connectivity index is 1.42. The first-order valence-electron chi connectivity index (χ1n) is 7.72. The summed E-state index contributed by atoms with van der Waals surface area (Å²) >= 11 is 4.67. The predicted molar refractivity (Wildman–Crippen MR) is 103 cm³/mol. The molecule has 128 valence electrons. The van der Waals surface area contributed by atoms with Crippen LogP contribution < -0.4 is 0 Å². The fourth-order valence-electron chi connectivity index (χ4n) is 2.52. The number of fused-ring (bicyclic) bond motifs is 2. The van der Waals surface area contributed by atoms with Crippen LogP contribution in [0.4, 0.5) is 4.39 Å². The van der Waals surface area contributed by atoms with Gasteiger partial charge in [-0.1, -0.05) is 47.4 Å². The van der Waals surface area contributed by atoms with Crippen molar-refractivity contribution < 1.29 is 4.39 Å². The van der Waals surface area contributed by atoms with E-state index in [9.17, 15) is 4.39 Å². The van der Waals surface area contributed by atoms with Crippen LogP contribution in [0.1, 0.15) is 5.82 Å². The normalized spacial score (nSPS) is 11.6. The lowest BCUT2D eigenvalue weighted by Crippen LogP contribution is -1.94. The maximum atomic E-state index is 13.4. The van der Waals surface area contributed by atoms with Gasteiger partial charge >= 0.3 is 0 Å². The van der Waals surface area contributed by atoms with Crippen molar-refractivity contribution >= 4 is 49.6 Å². The van der Waals surface area contributed by atoms with Gasteiger partial charge in [-0.15, -0.1) is 21.5 Å². The smallest absolute Gasteiger partial charge is 0.230 e. The van der Waals surface area contributed by atoms with E-state index in [1.54, 1.807) is 33.7 Å². The second-order valence-electron chi connectivity index (χ2n) is 5.46. The van der Waals surface area contributed by atoms with Gasteiger partial charge in [0.25, 0.3) is 0 Å². The first kappa shape index (κ1) is 15.9. The molecule has 0 fully saturated rings. The van der Waals surface area contributed by atoms with Gasteiger partial charge in [0.05, 0.1) is 16.0 Å². The van der Waals surface area contributed by atoms with Crippen LogP contribution >= 0.6 is 34.4 Å². The molecule has 0 unspecified atom stereocenters. The standard InChI is InChI=1S/C17H10FN5S3/c18-11-5-3-4-10(8-11)15-22-23-14(20-21-16(23)26-15)9-24-17-19-12-6-1-2-7-13(12)25-17/h1-8H,9H2. The largest absolute Gasteiger partial charge is 0.235 e. The lowest BCUT2D eigenvalue weighted by Gasteiger charge is -1.96. The van der Waals surface area contributed by atoms with Crippen molar-refractivity contribution in [3.8, 4) is 10.6 Å². The summed E-state index contributed by atoms with van der Waals surface area (Å²) in [6.45, 7) is 0. The zero-order valence-corrected chi connectivity index (χ0v) is 15.6. The van der Waals surface area contributed by atoms with Crippen molar-refractivity contribution in [3.63, 3.8) is 0 Å². The molecule has 0 saturated carbocycles. The number of halogens is 1. The Bertz CT molecular complexity index is 1190. The van der Waals surface area contributed by atoms with E-state index in [2.05, 4.69) is 26.3 Å². The Hall–Kier alpha value is -2.36. The number of aromatic nitrogens is 5. The molecule has 3 heterocycles. The molecule has 0 aliphatic heterocycles. The van der Waals surface area contributed by atoms with E-state index < -0.39 is 0 Å². The van der Waals surface area contributed by atoms with Gasteiger partial charge in [-0.3, -0.25) is 0 Å². The summed E-state index contributed by atoms with van der Waals surface area (Å²) in [5.74, 6) is 1.09. The summed E-state index contributed by atoms with van der Waals surface area (Å²) in [4.78, 5) is 5.32. The third-order valence-corrected chi connectivity index (χ3v) is 6.85. The number of rotatable bonds is 4. The number of hydrogen-bond acceptors (Lipinski definition) is 7. The van der Waals surface area contributed by atoms with Gasteiger partial charge in [-0.05, 0) is 24.3 Å². The summed E-state index contributed by atoms with van der Waals surface area (Å²) in [7, 11) is 0. The van der Waals surface area contributed by atoms with Gasteiger partial charge in [0, 0.05) is 5.56 Å². The molecule has 0 bridgehead atoms. The molecule has 26 heavy (non-hydrogen) atoms. The van der Waals surface area contributed by atoms with Gasteiger partial charge in [-0.2, -0.15) is 9.61 Å². The van der Waals surface area contributed by atoms with Crippen LogP contribution in [0.15, 0.2) is 52.9 Å². The van der Waals surface area contributed by atoms with Crippen molar-refractivity contribution in [2.24, 2.45) is 0 Å². The second kappa shape index (κ2) is 6.42. The molecule has 0 amide bonds. The molecule has 0 radical (unpaired) electrons. The summed E-state index contributed by atoms with van der Waals surface area (Å²) in [5.41, 5.74) is 1.75. The summed E-state index contributed by atoms with van der Waals surface area (Å²) < 4.78 is 17.3. The van der Waals surface area contributed by atoms with E-state index in [1.165, 1.54) is 28.2 Å². The van der Waals surface area contributed by atoms with E-state index in [4.69, 9.17) is 0 Å². The Labute approximate surface area is 159 Å². The molecule has 5 rings (SSSR count). The van der Waals surface area contributed by atoms with Crippen LogP contribution in [-0.4, -0.2) is 24.8 Å². The molecule has 0 saturated heterocycles. The van der Waals surface area contributed by atoms with Crippen molar-refractivity contribution in [3.05, 3.63) is 60.2 Å². The fraction of sp³-hybridized carbons (Fsp3) is 0.0588. The Morgan fingerprint density at radius 3 is 2.85 bits per heavy atom. The molecular weight excluding hydrogens is 389 g/mol. The highest BCUT2D eigenvalue weighted by Crippen LogP contribution is 2.32. The zero-order chi connectivity index (χ0) is 17.5. The van der Waals surface area contributed by atoms with E-state index >= 15 is 0 Å². The SMILES string of the molecule is Fc1cccc(-c2nn3c(CSc4nc5ccccc5s4)nnc3s2)c1. The number of thioether (sulfide) groups is 1. The molecule has 2 aromatic carbocycles. The minimum absolute atomic E-state index is 0.278. The summed E-state index contributed by atoms with van der Waals surface area (Å²) in [6.07, 6.45) is 0. The topological polar surface area (TPSA) is 56.0 Å². The monoisotopic (exact) mass is 399 g/mol. The van der Waals surface area contributed by atoms with Gasteiger partial charge in [0.15, 0.2) is 10.2 Å². The Kier molecular flexibility index (Phi) is 3.92. The van der Waals surface area contributed by atoms with Crippen molar-refractivity contribution in [1.82, 2.24) is 24.8 Å². The Morgan fingerprint density at radius 1 is 1.04 bits per heavy atom. The third-order valence-electron chi connectivity index (χ3n) is 3.73. The van der Waals surface area contributed by atoms with Gasteiger partial charge in [0.1, 0.15) is 10.8 Å². The molecule has 0 aliphatic rings. The third kappa shape index (κ3) is 2.87. The molecule has 9 heteroatoms. The number of thiazole rings is 1. The van der Waals surface area contributed by atoms with E-state index in [1.807, 2.05) is 24.3 Å². The molecule has 5 nitrogen and oxygen atoms in total. The summed E-state index contributed by atoms with van der Waals surface area (Å²) in [6, 6.07) is 14.5. The van der Waals surface area contributed by atoms with E-state index in [0.29, 0.717) is 10.7 Å². The van der Waals surface area contributed by atoms with E-state index in [0.717, 1.165) is 26.3 Å². The van der Waals surface area contributed by atoms with Crippen molar-refractivity contribution in [2.45, 2.75) is 10.1 Å². The number of nitrogens with zero attached hydrogens (tertiary/aromatic N) is 5. The van der Waals surface area contributed by atoms with Crippen LogP contribution in [-0.2, 0) is 5.75 Å². The predicted octanol–water partition coefficient (Wildman–Crippen LogP) is 4.89. The molecule has 0 atom stereocenters. The average molecular weight is 400 g/mol. The van der Waals surface area contributed by atoms with Gasteiger partial charge in [0.2, 0.25) is 4.96 Å². The van der Waals surface area contributed by atoms with Gasteiger partial charge in [-0.25, -0.2) is 9.37 Å². The van der Waals surface area contributed by atoms with Crippen molar-refractivity contribution in [2.75, 3.05) is 0 Å². The summed E-state index contributed by atoms with van der Waals surface area (Å²) in [5, 5.41) is 13.7. The van der Waals surface area contributed by atoms with E-state index in [-0.39, 0.29) is 5.82 Å². The fourth-order valence-corrected chi connectivity index (χ4v) is 5.35. The van der Waals surface area contributed by atoms with Crippen LogP contribution in [0.2, 0.25) is 0 Å². The van der Waals surface area contributed by atoms with Crippen LogP contribution in [0, 0.1) is 5.82 Å². The average Bonchev–Trinajstić information content (AvgIpc) is 3.33. The highest BCUT2D eigenvalue weighted by Gasteiger charge is 2.14. The lowest BCUT2D eigenvalue weighted by atomic mass is 10.2. The molecule has 0 N–H and O–H groups in total. The van der Waals surface area contributed by atoms with Crippen molar-refractivity contribution in [1.29, 1.82) is 0 Å². The molecule has 0 spiro atoms. The van der Waals surface area contributed by atoms with Crippen LogP contribution in [0.5, 0.6) is 0 Å².